The molecule has 0 fully saturated rings. The van der Waals surface area contributed by atoms with Crippen molar-refractivity contribution in [1.82, 2.24) is 0 Å². The molecule has 0 bridgehead atoms. The number of hydrogen-bond acceptors (Lipinski definition) is 4. The predicted molar refractivity (Wildman–Crippen MR) is 92.2 cm³/mol. The Kier molecular flexibility index (Phi) is 5.23. The summed E-state index contributed by atoms with van der Waals surface area (Å²) in [5, 5.41) is 9.37. The predicted octanol–water partition coefficient (Wildman–Crippen LogP) is 3.87. The van der Waals surface area contributed by atoms with E-state index in [1.165, 1.54) is 36.0 Å². The topological polar surface area (TPSA) is 83.5 Å². The molecule has 2 aromatic carbocycles. The lowest BCUT2D eigenvalue weighted by Gasteiger charge is -2.14. The second-order valence-electron chi connectivity index (χ2n) is 4.69. The molecule has 0 aliphatic heterocycles. The van der Waals surface area contributed by atoms with Crippen molar-refractivity contribution >= 4 is 45.0 Å². The lowest BCUT2D eigenvalue weighted by atomic mass is 10.2. The molecular formula is C15H14ClNO4S2. The highest BCUT2D eigenvalue weighted by Crippen LogP contribution is 2.30. The Morgan fingerprint density at radius 2 is 1.96 bits per heavy atom. The zero-order chi connectivity index (χ0) is 17.2. The van der Waals surface area contributed by atoms with Gasteiger partial charge in [-0.15, -0.1) is 11.8 Å². The molecule has 0 saturated heterocycles. The van der Waals surface area contributed by atoms with E-state index in [1.54, 1.807) is 25.3 Å². The van der Waals surface area contributed by atoms with E-state index in [2.05, 4.69) is 4.72 Å². The first-order valence-corrected chi connectivity index (χ1v) is 9.54. The Labute approximate surface area is 143 Å². The van der Waals surface area contributed by atoms with Crippen LogP contribution in [0.1, 0.15) is 15.9 Å². The van der Waals surface area contributed by atoms with E-state index in [0.717, 1.165) is 0 Å². The molecule has 23 heavy (non-hydrogen) atoms. The summed E-state index contributed by atoms with van der Waals surface area (Å²) in [6.45, 7) is 1.62. The SMILES string of the molecule is CSc1cc(C(=O)O)ccc1NS(=O)(=O)c1cccc(Cl)c1C. The van der Waals surface area contributed by atoms with Gasteiger partial charge >= 0.3 is 5.97 Å². The van der Waals surface area contributed by atoms with Crippen LogP contribution in [-0.4, -0.2) is 25.7 Å². The fourth-order valence-electron chi connectivity index (χ4n) is 1.99. The molecule has 0 heterocycles. The van der Waals surface area contributed by atoms with Crippen molar-refractivity contribution < 1.29 is 18.3 Å². The monoisotopic (exact) mass is 371 g/mol. The number of carboxylic acid groups (broad SMARTS) is 1. The van der Waals surface area contributed by atoms with Crippen LogP contribution in [0.25, 0.3) is 0 Å². The first kappa shape index (κ1) is 17.7. The van der Waals surface area contributed by atoms with Crippen molar-refractivity contribution in [3.05, 3.63) is 52.5 Å². The second kappa shape index (κ2) is 6.82. The number of nitrogens with one attached hydrogen (secondary N) is 1. The summed E-state index contributed by atoms with van der Waals surface area (Å²) in [6, 6.07) is 8.86. The highest BCUT2D eigenvalue weighted by atomic mass is 35.5. The molecule has 5 nitrogen and oxygen atoms in total. The van der Waals surface area contributed by atoms with Gasteiger partial charge in [0.25, 0.3) is 10.0 Å². The van der Waals surface area contributed by atoms with Gasteiger partial charge in [0.2, 0.25) is 0 Å². The molecule has 8 heteroatoms. The molecular weight excluding hydrogens is 358 g/mol. The number of halogens is 1. The van der Waals surface area contributed by atoms with E-state index in [4.69, 9.17) is 16.7 Å². The summed E-state index contributed by atoms with van der Waals surface area (Å²) in [5.41, 5.74) is 0.868. The van der Waals surface area contributed by atoms with Crippen LogP contribution in [0.3, 0.4) is 0 Å². The van der Waals surface area contributed by atoms with E-state index in [0.29, 0.717) is 21.2 Å². The number of carbonyl (C=O) groups is 1. The molecule has 122 valence electrons. The minimum absolute atomic E-state index is 0.0827. The maximum absolute atomic E-state index is 12.6. The third-order valence-corrected chi connectivity index (χ3v) is 5.90. The fourth-order valence-corrected chi connectivity index (χ4v) is 4.21. The first-order chi connectivity index (χ1) is 10.8. The summed E-state index contributed by atoms with van der Waals surface area (Å²) in [4.78, 5) is 11.6. The van der Waals surface area contributed by atoms with E-state index in [9.17, 15) is 13.2 Å². The largest absolute Gasteiger partial charge is 0.478 e. The van der Waals surface area contributed by atoms with Gasteiger partial charge in [-0.1, -0.05) is 17.7 Å². The number of thioether (sulfide) groups is 1. The first-order valence-electron chi connectivity index (χ1n) is 6.45. The van der Waals surface area contributed by atoms with Crippen LogP contribution in [0.4, 0.5) is 5.69 Å². The van der Waals surface area contributed by atoms with Crippen molar-refractivity contribution in [2.75, 3.05) is 11.0 Å². The number of rotatable bonds is 5. The third kappa shape index (κ3) is 3.80. The molecule has 2 N–H and O–H groups in total. The Bertz CT molecular complexity index is 866. The highest BCUT2D eigenvalue weighted by molar-refractivity contribution is 7.99. The maximum Gasteiger partial charge on any atom is 0.335 e. The van der Waals surface area contributed by atoms with E-state index >= 15 is 0 Å². The summed E-state index contributed by atoms with van der Waals surface area (Å²) in [6.07, 6.45) is 1.74. The minimum atomic E-state index is -3.83. The Balaban J connectivity index is 2.45. The maximum atomic E-state index is 12.6. The molecule has 0 radical (unpaired) electrons. The van der Waals surface area contributed by atoms with Crippen molar-refractivity contribution in [3.63, 3.8) is 0 Å². The molecule has 0 atom stereocenters. The average molecular weight is 372 g/mol. The summed E-state index contributed by atoms with van der Waals surface area (Å²) < 4.78 is 27.6. The standard InChI is InChI=1S/C15H14ClNO4S2/c1-9-11(16)4-3-5-14(9)23(20,21)17-12-7-6-10(15(18)19)8-13(12)22-2/h3-8,17H,1-2H3,(H,18,19). The molecule has 0 aliphatic rings. The number of benzene rings is 2. The average Bonchev–Trinajstić information content (AvgIpc) is 2.49. The van der Waals surface area contributed by atoms with Crippen LogP contribution < -0.4 is 4.72 Å². The molecule has 2 rings (SSSR count). The van der Waals surface area contributed by atoms with Gasteiger partial charge in [-0.3, -0.25) is 4.72 Å². The van der Waals surface area contributed by atoms with Crippen molar-refractivity contribution in [2.45, 2.75) is 16.7 Å². The summed E-state index contributed by atoms with van der Waals surface area (Å²) in [5.74, 6) is -1.07. The van der Waals surface area contributed by atoms with Gasteiger partial charge in [-0.25, -0.2) is 13.2 Å². The van der Waals surface area contributed by atoms with Gasteiger partial charge in [0, 0.05) is 9.92 Å². The normalized spacial score (nSPS) is 11.3. The second-order valence-corrected chi connectivity index (χ2v) is 7.59. The summed E-state index contributed by atoms with van der Waals surface area (Å²) in [7, 11) is -3.83. The van der Waals surface area contributed by atoms with Crippen molar-refractivity contribution in [3.8, 4) is 0 Å². The number of aromatic carboxylic acids is 1. The van der Waals surface area contributed by atoms with Gasteiger partial charge in [0.05, 0.1) is 16.1 Å². The van der Waals surface area contributed by atoms with Crippen molar-refractivity contribution in [2.24, 2.45) is 0 Å². The molecule has 0 aromatic heterocycles. The van der Waals surface area contributed by atoms with Crippen LogP contribution in [0.5, 0.6) is 0 Å². The Hall–Kier alpha value is -1.70. The number of carboxylic acids is 1. The van der Waals surface area contributed by atoms with E-state index < -0.39 is 16.0 Å². The molecule has 0 spiro atoms. The quantitative estimate of drug-likeness (QED) is 0.779. The van der Waals surface area contributed by atoms with Gasteiger partial charge < -0.3 is 5.11 Å². The van der Waals surface area contributed by atoms with Crippen LogP contribution in [0, 0.1) is 6.92 Å². The molecule has 2 aromatic rings. The van der Waals surface area contributed by atoms with Gasteiger partial charge in [-0.05, 0) is 49.1 Å². The number of sulfonamides is 1. The smallest absolute Gasteiger partial charge is 0.335 e. The van der Waals surface area contributed by atoms with Crippen LogP contribution in [0.15, 0.2) is 46.2 Å². The van der Waals surface area contributed by atoms with Gasteiger partial charge in [0.15, 0.2) is 0 Å². The van der Waals surface area contributed by atoms with E-state index in [-0.39, 0.29) is 10.5 Å². The van der Waals surface area contributed by atoms with Crippen molar-refractivity contribution in [1.29, 1.82) is 0 Å². The van der Waals surface area contributed by atoms with Gasteiger partial charge in [-0.2, -0.15) is 0 Å². The number of anilines is 1. The fraction of sp³-hybridized carbons (Fsp3) is 0.133. The lowest BCUT2D eigenvalue weighted by Crippen LogP contribution is -2.15. The lowest BCUT2D eigenvalue weighted by molar-refractivity contribution is 0.0696. The third-order valence-electron chi connectivity index (χ3n) is 3.20. The zero-order valence-electron chi connectivity index (χ0n) is 12.3. The molecule has 0 aliphatic carbocycles. The molecule has 0 unspecified atom stereocenters. The summed E-state index contributed by atoms with van der Waals surface area (Å²) >= 11 is 7.23. The zero-order valence-corrected chi connectivity index (χ0v) is 14.7. The highest BCUT2D eigenvalue weighted by Gasteiger charge is 2.20. The number of hydrogen-bond donors (Lipinski definition) is 2. The van der Waals surface area contributed by atoms with E-state index in [1.807, 2.05) is 0 Å². The van der Waals surface area contributed by atoms with Crippen LogP contribution >= 0.6 is 23.4 Å². The molecule has 0 amide bonds. The Morgan fingerprint density at radius 3 is 2.57 bits per heavy atom. The minimum Gasteiger partial charge on any atom is -0.478 e. The Morgan fingerprint density at radius 1 is 1.26 bits per heavy atom. The molecule has 0 saturated carbocycles. The van der Waals surface area contributed by atoms with Crippen LogP contribution in [-0.2, 0) is 10.0 Å². The van der Waals surface area contributed by atoms with Crippen LogP contribution in [0.2, 0.25) is 5.02 Å². The van der Waals surface area contributed by atoms with Gasteiger partial charge in [0.1, 0.15) is 0 Å².